The van der Waals surface area contributed by atoms with Crippen LogP contribution in [-0.4, -0.2) is 12.5 Å². The molecule has 2 aromatic carbocycles. The van der Waals surface area contributed by atoms with Crippen molar-refractivity contribution in [3.63, 3.8) is 0 Å². The largest absolute Gasteiger partial charge is 0.482 e. The minimum atomic E-state index is -0.523. The van der Waals surface area contributed by atoms with E-state index < -0.39 is 5.91 Å². The first kappa shape index (κ1) is 18.4. The first-order chi connectivity index (χ1) is 11.3. The Labute approximate surface area is 155 Å². The molecule has 2 rings (SSSR count). The normalized spacial score (nSPS) is 10.2. The first-order valence-electron chi connectivity index (χ1n) is 6.90. The highest BCUT2D eigenvalue weighted by Crippen LogP contribution is 2.33. The molecule has 0 fully saturated rings. The number of hydrogen-bond acceptors (Lipinski definition) is 3. The van der Waals surface area contributed by atoms with Gasteiger partial charge in [-0.2, -0.15) is 5.26 Å². The summed E-state index contributed by atoms with van der Waals surface area (Å²) in [5.74, 6) is -0.303. The monoisotopic (exact) mass is 382 g/mol. The molecule has 0 unspecified atom stereocenters. The molecule has 2 aromatic rings. The fourth-order valence-corrected chi connectivity index (χ4v) is 2.75. The van der Waals surface area contributed by atoms with Crippen LogP contribution in [0.3, 0.4) is 0 Å². The van der Waals surface area contributed by atoms with E-state index in [1.807, 2.05) is 26.1 Å². The van der Waals surface area contributed by atoms with Crippen LogP contribution >= 0.6 is 34.8 Å². The highest BCUT2D eigenvalue weighted by molar-refractivity contribution is 6.43. The molecule has 0 aliphatic rings. The standard InChI is InChI=1S/C17H13Cl3N2O2/c1-10-3-11(2)5-12(4-10)22(9-21)17(23)8-24-16-7-14(19)13(18)6-15(16)20/h3-7H,8H2,1-2H3. The van der Waals surface area contributed by atoms with Crippen molar-refractivity contribution in [3.05, 3.63) is 56.5 Å². The fourth-order valence-electron chi connectivity index (χ4n) is 2.16. The minimum absolute atomic E-state index is 0.220. The van der Waals surface area contributed by atoms with Crippen molar-refractivity contribution in [2.45, 2.75) is 13.8 Å². The number of carbonyl (C=O) groups is 1. The molecule has 0 saturated carbocycles. The van der Waals surface area contributed by atoms with Crippen molar-refractivity contribution in [2.24, 2.45) is 0 Å². The van der Waals surface area contributed by atoms with Crippen LogP contribution in [0.25, 0.3) is 0 Å². The van der Waals surface area contributed by atoms with Crippen molar-refractivity contribution in [2.75, 3.05) is 11.5 Å². The van der Waals surface area contributed by atoms with E-state index in [0.717, 1.165) is 16.0 Å². The molecule has 0 saturated heterocycles. The third-order valence-corrected chi connectivity index (χ3v) is 4.16. The third kappa shape index (κ3) is 4.33. The Morgan fingerprint density at radius 3 is 2.21 bits per heavy atom. The smallest absolute Gasteiger partial charge is 0.278 e. The van der Waals surface area contributed by atoms with Gasteiger partial charge in [-0.15, -0.1) is 0 Å². The molecule has 0 aliphatic carbocycles. The molecule has 0 N–H and O–H groups in total. The zero-order valence-electron chi connectivity index (χ0n) is 12.9. The van der Waals surface area contributed by atoms with Crippen LogP contribution in [-0.2, 0) is 4.79 Å². The summed E-state index contributed by atoms with van der Waals surface area (Å²) in [4.78, 5) is 13.3. The molecule has 0 radical (unpaired) electrons. The van der Waals surface area contributed by atoms with E-state index in [2.05, 4.69) is 0 Å². The molecular formula is C17H13Cl3N2O2. The van der Waals surface area contributed by atoms with Gasteiger partial charge in [0.2, 0.25) is 0 Å². The number of anilines is 1. The summed E-state index contributed by atoms with van der Waals surface area (Å²) < 4.78 is 5.38. The maximum absolute atomic E-state index is 12.3. The second-order valence-electron chi connectivity index (χ2n) is 5.16. The summed E-state index contributed by atoms with van der Waals surface area (Å²) in [5, 5.41) is 10.1. The maximum Gasteiger partial charge on any atom is 0.278 e. The van der Waals surface area contributed by atoms with Crippen molar-refractivity contribution >= 4 is 46.4 Å². The fraction of sp³-hybridized carbons (Fsp3) is 0.176. The molecule has 4 nitrogen and oxygen atoms in total. The lowest BCUT2D eigenvalue weighted by atomic mass is 10.1. The van der Waals surface area contributed by atoms with Gasteiger partial charge in [0.1, 0.15) is 5.75 Å². The number of amides is 1. The molecule has 1 amide bonds. The van der Waals surface area contributed by atoms with Crippen molar-refractivity contribution in [1.82, 2.24) is 0 Å². The Bertz CT molecular complexity index is 811. The first-order valence-corrected chi connectivity index (χ1v) is 8.03. The van der Waals surface area contributed by atoms with Gasteiger partial charge in [-0.25, -0.2) is 4.90 Å². The van der Waals surface area contributed by atoms with Gasteiger partial charge in [-0.05, 0) is 43.2 Å². The number of halogens is 3. The highest BCUT2D eigenvalue weighted by Gasteiger charge is 2.18. The SMILES string of the molecule is Cc1cc(C)cc(N(C#N)C(=O)COc2cc(Cl)c(Cl)cc2Cl)c1. The summed E-state index contributed by atoms with van der Waals surface area (Å²) >= 11 is 17.7. The summed E-state index contributed by atoms with van der Waals surface area (Å²) in [5.41, 5.74) is 2.39. The molecule has 0 bridgehead atoms. The van der Waals surface area contributed by atoms with Gasteiger partial charge in [0.15, 0.2) is 12.8 Å². The van der Waals surface area contributed by atoms with Crippen molar-refractivity contribution < 1.29 is 9.53 Å². The Balaban J connectivity index is 2.16. The van der Waals surface area contributed by atoms with E-state index >= 15 is 0 Å². The van der Waals surface area contributed by atoms with Gasteiger partial charge in [-0.3, -0.25) is 4.79 Å². The number of nitrogens with zero attached hydrogens (tertiary/aromatic N) is 2. The van der Waals surface area contributed by atoms with E-state index in [9.17, 15) is 10.1 Å². The van der Waals surface area contributed by atoms with Gasteiger partial charge in [0.05, 0.1) is 20.8 Å². The maximum atomic E-state index is 12.3. The molecule has 0 atom stereocenters. The van der Waals surface area contributed by atoms with E-state index in [0.29, 0.717) is 5.69 Å². The Morgan fingerprint density at radius 1 is 1.04 bits per heavy atom. The lowest BCUT2D eigenvalue weighted by molar-refractivity contribution is -0.119. The van der Waals surface area contributed by atoms with E-state index in [-0.39, 0.29) is 27.4 Å². The second kappa shape index (κ2) is 7.76. The average molecular weight is 384 g/mol. The van der Waals surface area contributed by atoms with Gasteiger partial charge in [-0.1, -0.05) is 40.9 Å². The summed E-state index contributed by atoms with van der Waals surface area (Å²) in [6.07, 6.45) is 1.87. The van der Waals surface area contributed by atoms with Crippen LogP contribution in [0.4, 0.5) is 5.69 Å². The molecule has 7 heteroatoms. The lowest BCUT2D eigenvalue weighted by Crippen LogP contribution is -2.31. The van der Waals surface area contributed by atoms with E-state index in [1.54, 1.807) is 12.1 Å². The molecular weight excluding hydrogens is 371 g/mol. The number of aryl methyl sites for hydroxylation is 2. The van der Waals surface area contributed by atoms with Crippen LogP contribution in [0.1, 0.15) is 11.1 Å². The molecule has 0 spiro atoms. The number of ether oxygens (including phenoxy) is 1. The average Bonchev–Trinajstić information content (AvgIpc) is 2.49. The number of rotatable bonds is 4. The summed E-state index contributed by atoms with van der Waals surface area (Å²) in [6.45, 7) is 3.42. The van der Waals surface area contributed by atoms with Crippen LogP contribution in [0.15, 0.2) is 30.3 Å². The van der Waals surface area contributed by atoms with Crippen LogP contribution in [0.2, 0.25) is 15.1 Å². The number of benzene rings is 2. The van der Waals surface area contributed by atoms with Crippen LogP contribution in [0.5, 0.6) is 5.75 Å². The zero-order valence-corrected chi connectivity index (χ0v) is 15.2. The van der Waals surface area contributed by atoms with E-state index in [1.165, 1.54) is 12.1 Å². The topological polar surface area (TPSA) is 53.3 Å². The predicted octanol–water partition coefficient (Wildman–Crippen LogP) is 5.16. The Morgan fingerprint density at radius 2 is 1.62 bits per heavy atom. The number of carbonyl (C=O) groups excluding carboxylic acids is 1. The lowest BCUT2D eigenvalue weighted by Gasteiger charge is -2.16. The van der Waals surface area contributed by atoms with Crippen molar-refractivity contribution in [3.8, 4) is 11.9 Å². The molecule has 0 aromatic heterocycles. The Hall–Kier alpha value is -1.93. The molecule has 0 aliphatic heterocycles. The van der Waals surface area contributed by atoms with Gasteiger partial charge < -0.3 is 4.74 Å². The second-order valence-corrected chi connectivity index (χ2v) is 6.38. The summed E-state index contributed by atoms with van der Waals surface area (Å²) in [7, 11) is 0. The van der Waals surface area contributed by atoms with E-state index in [4.69, 9.17) is 39.5 Å². The number of hydrogen-bond donors (Lipinski definition) is 0. The third-order valence-electron chi connectivity index (χ3n) is 3.14. The van der Waals surface area contributed by atoms with Gasteiger partial charge >= 0.3 is 0 Å². The quantitative estimate of drug-likeness (QED) is 0.416. The zero-order chi connectivity index (χ0) is 17.9. The van der Waals surface area contributed by atoms with Crippen LogP contribution in [0, 0.1) is 25.3 Å². The predicted molar refractivity (Wildman–Crippen MR) is 96.0 cm³/mol. The van der Waals surface area contributed by atoms with Gasteiger partial charge in [0, 0.05) is 6.07 Å². The summed E-state index contributed by atoms with van der Waals surface area (Å²) in [6, 6.07) is 8.31. The minimum Gasteiger partial charge on any atom is -0.482 e. The molecule has 124 valence electrons. The van der Waals surface area contributed by atoms with Crippen molar-refractivity contribution in [1.29, 1.82) is 5.26 Å². The Kier molecular flexibility index (Phi) is 5.95. The highest BCUT2D eigenvalue weighted by atomic mass is 35.5. The molecule has 0 heterocycles. The van der Waals surface area contributed by atoms with Gasteiger partial charge in [0.25, 0.3) is 5.91 Å². The number of nitriles is 1. The van der Waals surface area contributed by atoms with Crippen LogP contribution < -0.4 is 9.64 Å². The molecule has 24 heavy (non-hydrogen) atoms.